The number of rotatable bonds is 6. The van der Waals surface area contributed by atoms with E-state index >= 15 is 0 Å². The average molecular weight is 324 g/mol. The van der Waals surface area contributed by atoms with Gasteiger partial charge >= 0.3 is 5.69 Å². The largest absolute Gasteiger partial charge is 0.366 e. The van der Waals surface area contributed by atoms with Gasteiger partial charge < -0.3 is 10.6 Å². The quantitative estimate of drug-likeness (QED) is 0.626. The molecule has 0 aliphatic heterocycles. The molecule has 0 saturated heterocycles. The first-order valence-electron chi connectivity index (χ1n) is 6.37. The van der Waals surface area contributed by atoms with Crippen LogP contribution in [-0.4, -0.2) is 16.5 Å². The van der Waals surface area contributed by atoms with Gasteiger partial charge in [0.1, 0.15) is 11.6 Å². The zero-order valence-electron chi connectivity index (χ0n) is 11.5. The van der Waals surface area contributed by atoms with E-state index in [1.807, 2.05) is 0 Å². The standard InChI is InChI=1S/C14H13ClFN4O2/c1-2-17-14-12(20(21)22)5-6-13(19-14)18-8-9-3-4-11(16)10(15)7-9/h3-7H,1-2,8H2,(H2,17,18,19). The van der Waals surface area contributed by atoms with Gasteiger partial charge in [0.05, 0.1) is 9.95 Å². The van der Waals surface area contributed by atoms with Gasteiger partial charge in [-0.2, -0.15) is 0 Å². The molecular formula is C14H13ClFN4O2. The van der Waals surface area contributed by atoms with Gasteiger partial charge in [-0.3, -0.25) is 10.1 Å². The van der Waals surface area contributed by atoms with Crippen molar-refractivity contribution < 1.29 is 9.31 Å². The van der Waals surface area contributed by atoms with Gasteiger partial charge in [-0.1, -0.05) is 17.7 Å². The van der Waals surface area contributed by atoms with Crippen LogP contribution in [0.4, 0.5) is 21.7 Å². The lowest BCUT2D eigenvalue weighted by Crippen LogP contribution is -2.07. The first-order chi connectivity index (χ1) is 10.5. The third kappa shape index (κ3) is 3.82. The van der Waals surface area contributed by atoms with Crippen LogP contribution in [0.2, 0.25) is 5.02 Å². The van der Waals surface area contributed by atoms with Gasteiger partial charge in [0.2, 0.25) is 5.82 Å². The van der Waals surface area contributed by atoms with Crippen molar-refractivity contribution in [2.24, 2.45) is 0 Å². The summed E-state index contributed by atoms with van der Waals surface area (Å²) in [4.78, 5) is 14.5. The van der Waals surface area contributed by atoms with Crippen LogP contribution in [0.3, 0.4) is 0 Å². The predicted molar refractivity (Wildman–Crippen MR) is 83.5 cm³/mol. The number of aromatic nitrogens is 1. The summed E-state index contributed by atoms with van der Waals surface area (Å²) < 4.78 is 13.1. The summed E-state index contributed by atoms with van der Waals surface area (Å²) in [6.07, 6.45) is 0. The molecule has 0 spiro atoms. The zero-order chi connectivity index (χ0) is 16.1. The van der Waals surface area contributed by atoms with Crippen LogP contribution >= 0.6 is 11.6 Å². The Labute approximate surface area is 131 Å². The highest BCUT2D eigenvalue weighted by molar-refractivity contribution is 6.30. The number of nitro groups is 1. The molecule has 2 rings (SSSR count). The lowest BCUT2D eigenvalue weighted by Gasteiger charge is -2.09. The smallest absolute Gasteiger partial charge is 0.311 e. The normalized spacial score (nSPS) is 10.3. The third-order valence-electron chi connectivity index (χ3n) is 2.82. The molecule has 8 heteroatoms. The maximum absolute atomic E-state index is 13.1. The molecule has 0 atom stereocenters. The molecule has 1 radical (unpaired) electrons. The van der Waals surface area contributed by atoms with E-state index in [0.717, 1.165) is 5.56 Å². The Morgan fingerprint density at radius 2 is 2.09 bits per heavy atom. The summed E-state index contributed by atoms with van der Waals surface area (Å²) in [7, 11) is 0. The van der Waals surface area contributed by atoms with E-state index in [1.165, 1.54) is 24.3 Å². The summed E-state index contributed by atoms with van der Waals surface area (Å²) in [6.45, 7) is 4.20. The number of benzene rings is 1. The second kappa shape index (κ2) is 7.04. The fraction of sp³-hybridized carbons (Fsp3) is 0.143. The van der Waals surface area contributed by atoms with Crippen molar-refractivity contribution in [3.63, 3.8) is 0 Å². The van der Waals surface area contributed by atoms with Crippen molar-refractivity contribution >= 4 is 28.9 Å². The Morgan fingerprint density at radius 1 is 1.32 bits per heavy atom. The highest BCUT2D eigenvalue weighted by atomic mass is 35.5. The number of hydrogen-bond acceptors (Lipinski definition) is 5. The third-order valence-corrected chi connectivity index (χ3v) is 3.11. The molecule has 0 fully saturated rings. The van der Waals surface area contributed by atoms with Crippen LogP contribution in [0.1, 0.15) is 5.56 Å². The maximum atomic E-state index is 13.1. The van der Waals surface area contributed by atoms with Crippen molar-refractivity contribution in [2.45, 2.75) is 6.54 Å². The lowest BCUT2D eigenvalue weighted by atomic mass is 10.2. The van der Waals surface area contributed by atoms with E-state index in [2.05, 4.69) is 22.5 Å². The van der Waals surface area contributed by atoms with Crippen molar-refractivity contribution in [1.82, 2.24) is 4.98 Å². The minimum absolute atomic E-state index is 0.0374. The summed E-state index contributed by atoms with van der Waals surface area (Å²) >= 11 is 5.71. The predicted octanol–water partition coefficient (Wildman–Crippen LogP) is 3.64. The molecule has 0 aliphatic carbocycles. The fourth-order valence-electron chi connectivity index (χ4n) is 1.79. The Kier molecular flexibility index (Phi) is 5.11. The van der Waals surface area contributed by atoms with Crippen molar-refractivity contribution in [1.29, 1.82) is 0 Å². The Morgan fingerprint density at radius 3 is 2.73 bits per heavy atom. The molecule has 0 bridgehead atoms. The second-order valence-electron chi connectivity index (χ2n) is 4.35. The molecule has 1 aromatic heterocycles. The molecule has 0 unspecified atom stereocenters. The van der Waals surface area contributed by atoms with Crippen LogP contribution in [-0.2, 0) is 6.54 Å². The zero-order valence-corrected chi connectivity index (χ0v) is 12.2. The minimum Gasteiger partial charge on any atom is -0.366 e. The van der Waals surface area contributed by atoms with Crippen LogP contribution in [0.25, 0.3) is 0 Å². The van der Waals surface area contributed by atoms with Gasteiger partial charge in [0.25, 0.3) is 0 Å². The van der Waals surface area contributed by atoms with Crippen LogP contribution in [0.5, 0.6) is 0 Å². The minimum atomic E-state index is -0.519. The Bertz CT molecular complexity index is 697. The van der Waals surface area contributed by atoms with Crippen molar-refractivity contribution in [3.05, 3.63) is 63.8 Å². The van der Waals surface area contributed by atoms with Gasteiger partial charge in [-0.15, -0.1) is 0 Å². The summed E-state index contributed by atoms with van der Waals surface area (Å²) in [5.74, 6) is 0.102. The highest BCUT2D eigenvalue weighted by Gasteiger charge is 2.15. The molecular weight excluding hydrogens is 311 g/mol. The monoisotopic (exact) mass is 323 g/mol. The van der Waals surface area contributed by atoms with Crippen LogP contribution in [0.15, 0.2) is 30.3 Å². The summed E-state index contributed by atoms with van der Waals surface area (Å²) in [6, 6.07) is 7.22. The van der Waals surface area contributed by atoms with E-state index in [1.54, 1.807) is 6.07 Å². The number of halogens is 2. The van der Waals surface area contributed by atoms with E-state index < -0.39 is 10.7 Å². The van der Waals surface area contributed by atoms with Gasteiger partial charge in [0, 0.05) is 19.2 Å². The molecule has 1 aromatic carbocycles. The first-order valence-corrected chi connectivity index (χ1v) is 6.75. The SMILES string of the molecule is [CH2]CNc1nc(NCc2ccc(F)c(Cl)c2)ccc1[N+](=O)[O-]. The number of nitrogens with one attached hydrogen (secondary N) is 2. The number of hydrogen-bond donors (Lipinski definition) is 2. The van der Waals surface area contributed by atoms with Gasteiger partial charge in [0.15, 0.2) is 0 Å². The number of pyridine rings is 1. The molecule has 115 valence electrons. The second-order valence-corrected chi connectivity index (χ2v) is 4.76. The lowest BCUT2D eigenvalue weighted by molar-refractivity contribution is -0.384. The Balaban J connectivity index is 2.14. The molecule has 22 heavy (non-hydrogen) atoms. The van der Waals surface area contributed by atoms with E-state index in [4.69, 9.17) is 11.6 Å². The highest BCUT2D eigenvalue weighted by Crippen LogP contribution is 2.24. The molecule has 0 saturated carbocycles. The molecule has 0 amide bonds. The van der Waals surface area contributed by atoms with Gasteiger partial charge in [-0.25, -0.2) is 9.37 Å². The number of nitrogens with zero attached hydrogens (tertiary/aromatic N) is 2. The van der Waals surface area contributed by atoms with E-state index in [-0.39, 0.29) is 23.1 Å². The maximum Gasteiger partial charge on any atom is 0.311 e. The fourth-order valence-corrected chi connectivity index (χ4v) is 1.99. The summed E-state index contributed by atoms with van der Waals surface area (Å²) in [5.41, 5.74) is 0.636. The molecule has 2 N–H and O–H groups in total. The van der Waals surface area contributed by atoms with Crippen LogP contribution < -0.4 is 10.6 Å². The van der Waals surface area contributed by atoms with Crippen LogP contribution in [0, 0.1) is 22.9 Å². The Hall–Kier alpha value is -2.41. The van der Waals surface area contributed by atoms with E-state index in [0.29, 0.717) is 12.4 Å². The molecule has 2 aromatic rings. The molecule has 6 nitrogen and oxygen atoms in total. The van der Waals surface area contributed by atoms with Crippen molar-refractivity contribution in [3.8, 4) is 0 Å². The topological polar surface area (TPSA) is 80.1 Å². The van der Waals surface area contributed by atoms with Crippen molar-refractivity contribution in [2.75, 3.05) is 17.2 Å². The molecule has 1 heterocycles. The van der Waals surface area contributed by atoms with E-state index in [9.17, 15) is 14.5 Å². The molecule has 0 aliphatic rings. The summed E-state index contributed by atoms with van der Waals surface area (Å²) in [5, 5.41) is 16.7. The first kappa shape index (κ1) is 16.0. The average Bonchev–Trinajstić information content (AvgIpc) is 2.49. The number of anilines is 2. The van der Waals surface area contributed by atoms with Gasteiger partial charge in [-0.05, 0) is 30.7 Å².